The van der Waals surface area contributed by atoms with E-state index in [9.17, 15) is 39.3 Å². The van der Waals surface area contributed by atoms with Crippen molar-refractivity contribution in [3.05, 3.63) is 280 Å². The van der Waals surface area contributed by atoms with E-state index in [1.165, 1.54) is 12.1 Å². The molecule has 98 heavy (non-hydrogen) atoms. The number of carbonyl (C=O) groups is 5. The topological polar surface area (TPSA) is 255 Å². The van der Waals surface area contributed by atoms with Gasteiger partial charge in [0.05, 0.1) is 56.1 Å². The van der Waals surface area contributed by atoms with Gasteiger partial charge in [0.1, 0.15) is 51.1 Å². The summed E-state index contributed by atoms with van der Waals surface area (Å²) in [6.07, 6.45) is 0.0717. The molecular formula is C81H60N4O13. The highest BCUT2D eigenvalue weighted by Crippen LogP contribution is 2.42. The summed E-state index contributed by atoms with van der Waals surface area (Å²) in [5.74, 6) is -1.27. The van der Waals surface area contributed by atoms with Crippen molar-refractivity contribution < 1.29 is 62.0 Å². The van der Waals surface area contributed by atoms with Crippen LogP contribution in [0, 0.1) is 41.5 Å². The van der Waals surface area contributed by atoms with E-state index in [0.29, 0.717) is 95.6 Å². The number of aromatic carboxylic acids is 3. The number of pyridine rings is 3. The van der Waals surface area contributed by atoms with E-state index in [0.717, 1.165) is 60.7 Å². The van der Waals surface area contributed by atoms with Crippen molar-refractivity contribution in [2.24, 2.45) is 0 Å². The Labute approximate surface area is 559 Å². The first-order chi connectivity index (χ1) is 47.4. The van der Waals surface area contributed by atoms with Crippen LogP contribution < -0.4 is 14.8 Å². The third kappa shape index (κ3) is 12.5. The second-order valence-electron chi connectivity index (χ2n) is 23.5. The monoisotopic (exact) mass is 1300 g/mol. The molecule has 15 rings (SSSR count). The summed E-state index contributed by atoms with van der Waals surface area (Å²) < 4.78 is 29.8. The number of fused-ring (bicyclic) bond motifs is 6. The maximum absolute atomic E-state index is 12.8. The Hall–Kier alpha value is -13.0. The third-order valence-corrected chi connectivity index (χ3v) is 17.0. The van der Waals surface area contributed by atoms with Crippen molar-refractivity contribution in [2.75, 3.05) is 5.32 Å². The lowest BCUT2D eigenvalue weighted by Crippen LogP contribution is -2.13. The van der Waals surface area contributed by atoms with Crippen LogP contribution in [0.25, 0.3) is 100.0 Å². The minimum absolute atomic E-state index is 0.00827. The molecule has 0 spiro atoms. The van der Waals surface area contributed by atoms with Gasteiger partial charge in [0.25, 0.3) is 5.91 Å². The molecule has 15 aromatic rings. The standard InChI is InChI=1S/C28H21NO5.C27H20N2O4.C26H19NO4/c1-16-12-13-23(33-24(30)14-18-8-4-3-5-9-18)25-20(28(31)32)15-21(29-26(16)25)27-17(2)19-10-6-7-11-22(19)34-27;1-15-12-13-20(29-26(30)17-8-4-3-5-9-17)23-19(27(31)32)14-21(28-24(15)23)25-16(2)18-10-6-7-11-22(18)33-25;1-15-12-13-22(30-17-8-4-3-5-9-17)23-19(26(28)29)14-20(27-24(15)23)25-16(2)18-10-6-7-11-21(18)31-25/h3-13,15H,14H2,1-2H3,(H,31,32);3-14H,1-2H3,(H,29,30)(H,31,32);3-14H,1-2H3,(H,28,29). The van der Waals surface area contributed by atoms with Gasteiger partial charge in [-0.05, 0) is 143 Å². The number of rotatable bonds is 13. The first kappa shape index (κ1) is 63.7. The van der Waals surface area contributed by atoms with Crippen LogP contribution in [0.1, 0.15) is 80.4 Å². The number of carbonyl (C=O) groups excluding carboxylic acids is 2. The minimum atomic E-state index is -1.15. The van der Waals surface area contributed by atoms with Crippen LogP contribution in [0.3, 0.4) is 0 Å². The lowest BCUT2D eigenvalue weighted by Gasteiger charge is -2.14. The van der Waals surface area contributed by atoms with E-state index in [1.54, 1.807) is 54.6 Å². The molecule has 6 heterocycles. The summed E-state index contributed by atoms with van der Waals surface area (Å²) in [6, 6.07) is 65.4. The highest BCUT2D eigenvalue weighted by Gasteiger charge is 2.27. The van der Waals surface area contributed by atoms with Gasteiger partial charge < -0.3 is 43.4 Å². The Morgan fingerprint density at radius 3 is 1.21 bits per heavy atom. The number of benzene rings is 9. The van der Waals surface area contributed by atoms with Gasteiger partial charge >= 0.3 is 23.9 Å². The van der Waals surface area contributed by atoms with E-state index in [2.05, 4.69) is 5.32 Å². The number of hydrogen-bond acceptors (Lipinski definition) is 13. The number of nitrogens with zero attached hydrogens (tertiary/aromatic N) is 3. The van der Waals surface area contributed by atoms with Gasteiger partial charge in [0.2, 0.25) is 0 Å². The fraction of sp³-hybridized carbons (Fsp3) is 0.0864. The van der Waals surface area contributed by atoms with Crippen molar-refractivity contribution >= 4 is 101 Å². The van der Waals surface area contributed by atoms with Crippen LogP contribution in [0.5, 0.6) is 17.2 Å². The Morgan fingerprint density at radius 1 is 0.408 bits per heavy atom. The maximum Gasteiger partial charge on any atom is 0.336 e. The zero-order valence-electron chi connectivity index (χ0n) is 53.8. The average Bonchev–Trinajstić information content (AvgIpc) is 1.53. The van der Waals surface area contributed by atoms with Crippen molar-refractivity contribution in [1.82, 2.24) is 15.0 Å². The van der Waals surface area contributed by atoms with Crippen molar-refractivity contribution in [1.29, 1.82) is 0 Å². The lowest BCUT2D eigenvalue weighted by molar-refractivity contribution is -0.133. The van der Waals surface area contributed by atoms with Gasteiger partial charge in [-0.25, -0.2) is 29.3 Å². The van der Waals surface area contributed by atoms with Crippen LogP contribution >= 0.6 is 0 Å². The van der Waals surface area contributed by atoms with Crippen molar-refractivity contribution in [3.8, 4) is 51.6 Å². The molecule has 1 amide bonds. The van der Waals surface area contributed by atoms with Crippen LogP contribution in [0.15, 0.2) is 232 Å². The largest absolute Gasteiger partial charge is 0.478 e. The molecule has 0 unspecified atom stereocenters. The quantitative estimate of drug-likeness (QED) is 0.0618. The molecule has 0 bridgehead atoms. The number of hydrogen-bond donors (Lipinski definition) is 4. The Kier molecular flexibility index (Phi) is 17.4. The highest BCUT2D eigenvalue weighted by molar-refractivity contribution is 6.15. The second kappa shape index (κ2) is 26.8. The minimum Gasteiger partial charge on any atom is -0.478 e. The molecule has 9 aromatic carbocycles. The van der Waals surface area contributed by atoms with E-state index in [4.69, 9.17) is 37.7 Å². The Balaban J connectivity index is 0.000000132. The van der Waals surface area contributed by atoms with E-state index in [1.807, 2.05) is 193 Å². The Morgan fingerprint density at radius 2 is 0.776 bits per heavy atom. The molecule has 0 fully saturated rings. The van der Waals surface area contributed by atoms with E-state index >= 15 is 0 Å². The fourth-order valence-electron chi connectivity index (χ4n) is 12.1. The molecule has 482 valence electrons. The van der Waals surface area contributed by atoms with Crippen LogP contribution in [-0.2, 0) is 11.2 Å². The average molecular weight is 1300 g/mol. The van der Waals surface area contributed by atoms with Crippen molar-refractivity contribution in [2.45, 2.75) is 48.0 Å². The summed E-state index contributed by atoms with van der Waals surface area (Å²) in [5, 5.41) is 37.0. The zero-order chi connectivity index (χ0) is 68.5. The first-order valence-corrected chi connectivity index (χ1v) is 31.2. The molecule has 17 heteroatoms. The molecule has 0 aliphatic rings. The van der Waals surface area contributed by atoms with Gasteiger partial charge in [-0.15, -0.1) is 0 Å². The van der Waals surface area contributed by atoms with Crippen LogP contribution in [-0.4, -0.2) is 60.1 Å². The number of aryl methyl sites for hydroxylation is 6. The normalized spacial score (nSPS) is 11.1. The van der Waals surface area contributed by atoms with Gasteiger partial charge in [-0.1, -0.05) is 140 Å². The SMILES string of the molecule is Cc1c(-c2cc(C(=O)O)c3c(NC(=O)c4ccccc4)ccc(C)c3n2)oc2ccccc12.Cc1c(-c2cc(C(=O)O)c3c(OC(=O)Cc4ccccc4)ccc(C)c3n2)oc2ccccc12.Cc1c(-c2cc(C(=O)O)c3c(Oc4ccccc4)ccc(C)c3n2)oc2ccccc12. The number of ether oxygens (including phenoxy) is 2. The maximum atomic E-state index is 12.8. The predicted molar refractivity (Wildman–Crippen MR) is 377 cm³/mol. The Bertz CT molecular complexity index is 5680. The summed E-state index contributed by atoms with van der Waals surface area (Å²) in [6.45, 7) is 11.4. The number of para-hydroxylation sites is 4. The van der Waals surface area contributed by atoms with Crippen LogP contribution in [0.4, 0.5) is 5.69 Å². The molecule has 17 nitrogen and oxygen atoms in total. The van der Waals surface area contributed by atoms with Gasteiger partial charge in [-0.3, -0.25) is 9.59 Å². The highest BCUT2D eigenvalue weighted by atomic mass is 16.5. The summed E-state index contributed by atoms with van der Waals surface area (Å²) >= 11 is 0. The number of anilines is 1. The third-order valence-electron chi connectivity index (χ3n) is 17.0. The van der Waals surface area contributed by atoms with Gasteiger partial charge in [0.15, 0.2) is 17.3 Å². The fourth-order valence-corrected chi connectivity index (χ4v) is 12.1. The summed E-state index contributed by atoms with van der Waals surface area (Å²) in [7, 11) is 0. The first-order valence-electron chi connectivity index (χ1n) is 31.2. The number of carboxylic acid groups (broad SMARTS) is 3. The molecule has 0 saturated heterocycles. The van der Waals surface area contributed by atoms with E-state index in [-0.39, 0.29) is 40.2 Å². The molecule has 0 atom stereocenters. The molecule has 4 N–H and O–H groups in total. The number of esters is 1. The van der Waals surface area contributed by atoms with Gasteiger partial charge in [-0.2, -0.15) is 0 Å². The smallest absolute Gasteiger partial charge is 0.336 e. The number of amides is 1. The number of nitrogens with one attached hydrogen (secondary N) is 1. The summed E-state index contributed by atoms with van der Waals surface area (Å²) in [5.41, 5.74) is 11.9. The predicted octanol–water partition coefficient (Wildman–Crippen LogP) is 19.1. The van der Waals surface area contributed by atoms with Gasteiger partial charge in [0, 0.05) is 43.8 Å². The van der Waals surface area contributed by atoms with Crippen LogP contribution in [0.2, 0.25) is 0 Å². The molecule has 6 aromatic heterocycles. The second-order valence-corrected chi connectivity index (χ2v) is 23.5. The number of carboxylic acids is 3. The zero-order valence-corrected chi connectivity index (χ0v) is 53.8. The molecule has 0 aliphatic carbocycles. The number of furan rings is 3. The molecular weight excluding hydrogens is 1240 g/mol. The molecule has 0 radical (unpaired) electrons. The molecule has 0 saturated carbocycles. The van der Waals surface area contributed by atoms with E-state index < -0.39 is 23.9 Å². The number of aromatic nitrogens is 3. The summed E-state index contributed by atoms with van der Waals surface area (Å²) in [4.78, 5) is 76.6. The lowest BCUT2D eigenvalue weighted by atomic mass is 10.0. The molecule has 0 aliphatic heterocycles. The van der Waals surface area contributed by atoms with Crippen molar-refractivity contribution in [3.63, 3.8) is 0 Å².